The van der Waals surface area contributed by atoms with Gasteiger partial charge in [-0.2, -0.15) is 0 Å². The van der Waals surface area contributed by atoms with Crippen molar-refractivity contribution in [2.75, 3.05) is 11.9 Å². The standard InChI is InChI=1S/C9H13N3O2/c1-6(5-13)11-8-4-2-3-7(12-8)9(10)14/h2-4,6,13H,5H2,1H3,(H2,10,14)(H,11,12)/t6-/m0/s1. The highest BCUT2D eigenvalue weighted by atomic mass is 16.3. The summed E-state index contributed by atoms with van der Waals surface area (Å²) in [5.41, 5.74) is 5.28. The van der Waals surface area contributed by atoms with Gasteiger partial charge >= 0.3 is 0 Å². The number of pyridine rings is 1. The van der Waals surface area contributed by atoms with Gasteiger partial charge in [0.05, 0.1) is 6.61 Å². The number of carbonyl (C=O) groups is 1. The molecule has 5 nitrogen and oxygen atoms in total. The van der Waals surface area contributed by atoms with Crippen LogP contribution < -0.4 is 11.1 Å². The molecule has 0 saturated heterocycles. The molecule has 4 N–H and O–H groups in total. The molecule has 0 unspecified atom stereocenters. The van der Waals surface area contributed by atoms with Crippen LogP contribution in [0.5, 0.6) is 0 Å². The molecule has 0 radical (unpaired) electrons. The summed E-state index contributed by atoms with van der Waals surface area (Å²) in [5, 5.41) is 11.7. The van der Waals surface area contributed by atoms with E-state index in [0.717, 1.165) is 0 Å². The van der Waals surface area contributed by atoms with Gasteiger partial charge in [0.1, 0.15) is 11.5 Å². The Morgan fingerprint density at radius 1 is 1.71 bits per heavy atom. The molecule has 1 heterocycles. The third-order valence-corrected chi connectivity index (χ3v) is 1.67. The Labute approximate surface area is 82.0 Å². The molecule has 0 spiro atoms. The van der Waals surface area contributed by atoms with Crippen LogP contribution in [0.3, 0.4) is 0 Å². The van der Waals surface area contributed by atoms with Crippen LogP contribution in [-0.2, 0) is 0 Å². The van der Waals surface area contributed by atoms with Gasteiger partial charge in [-0.1, -0.05) is 6.07 Å². The lowest BCUT2D eigenvalue weighted by Gasteiger charge is -2.11. The summed E-state index contributed by atoms with van der Waals surface area (Å²) in [6, 6.07) is 4.82. The number of rotatable bonds is 4. The highest BCUT2D eigenvalue weighted by Crippen LogP contribution is 2.05. The number of aliphatic hydroxyl groups excluding tert-OH is 1. The fourth-order valence-corrected chi connectivity index (χ4v) is 0.950. The van der Waals surface area contributed by atoms with E-state index in [1.54, 1.807) is 19.1 Å². The first-order chi connectivity index (χ1) is 6.63. The lowest BCUT2D eigenvalue weighted by atomic mass is 10.3. The van der Waals surface area contributed by atoms with Gasteiger partial charge < -0.3 is 16.2 Å². The van der Waals surface area contributed by atoms with E-state index in [9.17, 15) is 4.79 Å². The first kappa shape index (κ1) is 10.5. The fourth-order valence-electron chi connectivity index (χ4n) is 0.950. The minimum absolute atomic E-state index is 0.00246. The lowest BCUT2D eigenvalue weighted by Crippen LogP contribution is -2.21. The number of carbonyl (C=O) groups excluding carboxylic acids is 1. The van der Waals surface area contributed by atoms with Gasteiger partial charge in [0.25, 0.3) is 5.91 Å². The summed E-state index contributed by atoms with van der Waals surface area (Å²) in [7, 11) is 0. The third-order valence-electron chi connectivity index (χ3n) is 1.67. The average molecular weight is 195 g/mol. The zero-order chi connectivity index (χ0) is 10.6. The predicted molar refractivity (Wildman–Crippen MR) is 52.9 cm³/mol. The number of aromatic nitrogens is 1. The first-order valence-corrected chi connectivity index (χ1v) is 4.27. The van der Waals surface area contributed by atoms with Crippen LogP contribution in [0.2, 0.25) is 0 Å². The quantitative estimate of drug-likeness (QED) is 0.629. The second kappa shape index (κ2) is 4.57. The molecule has 1 aromatic rings. The summed E-state index contributed by atoms with van der Waals surface area (Å²) in [6.07, 6.45) is 0. The Balaban J connectivity index is 2.78. The monoisotopic (exact) mass is 195 g/mol. The molecule has 0 aliphatic carbocycles. The van der Waals surface area contributed by atoms with Gasteiger partial charge in [0.2, 0.25) is 0 Å². The molecule has 14 heavy (non-hydrogen) atoms. The van der Waals surface area contributed by atoms with Gasteiger partial charge in [0, 0.05) is 6.04 Å². The van der Waals surface area contributed by atoms with E-state index >= 15 is 0 Å². The van der Waals surface area contributed by atoms with Gasteiger partial charge in [-0.15, -0.1) is 0 Å². The molecule has 0 saturated carbocycles. The molecule has 76 valence electrons. The van der Waals surface area contributed by atoms with E-state index in [0.29, 0.717) is 5.82 Å². The van der Waals surface area contributed by atoms with Gasteiger partial charge in [0.15, 0.2) is 0 Å². The van der Waals surface area contributed by atoms with Crippen LogP contribution in [0, 0.1) is 0 Å². The van der Waals surface area contributed by atoms with E-state index in [4.69, 9.17) is 10.8 Å². The van der Waals surface area contributed by atoms with Crippen LogP contribution in [0.4, 0.5) is 5.82 Å². The highest BCUT2D eigenvalue weighted by molar-refractivity contribution is 5.91. The van der Waals surface area contributed by atoms with E-state index < -0.39 is 5.91 Å². The Hall–Kier alpha value is -1.62. The molecular formula is C9H13N3O2. The smallest absolute Gasteiger partial charge is 0.267 e. The summed E-state index contributed by atoms with van der Waals surface area (Å²) < 4.78 is 0. The Kier molecular flexibility index (Phi) is 3.41. The summed E-state index contributed by atoms with van der Waals surface area (Å²) in [6.45, 7) is 1.81. The summed E-state index contributed by atoms with van der Waals surface area (Å²) >= 11 is 0. The average Bonchev–Trinajstić information content (AvgIpc) is 2.18. The van der Waals surface area contributed by atoms with Crippen molar-refractivity contribution in [1.29, 1.82) is 0 Å². The van der Waals surface area contributed by atoms with Gasteiger partial charge in [-0.25, -0.2) is 4.98 Å². The van der Waals surface area contributed by atoms with Crippen molar-refractivity contribution < 1.29 is 9.90 Å². The lowest BCUT2D eigenvalue weighted by molar-refractivity contribution is 0.0995. The molecule has 0 aliphatic rings. The second-order valence-electron chi connectivity index (χ2n) is 3.00. The Morgan fingerprint density at radius 3 is 3.00 bits per heavy atom. The molecule has 0 aromatic carbocycles. The van der Waals surface area contributed by atoms with Crippen molar-refractivity contribution in [2.45, 2.75) is 13.0 Å². The van der Waals surface area contributed by atoms with Crippen molar-refractivity contribution in [3.8, 4) is 0 Å². The Morgan fingerprint density at radius 2 is 2.43 bits per heavy atom. The van der Waals surface area contributed by atoms with Crippen LogP contribution in [0.15, 0.2) is 18.2 Å². The number of aliphatic hydroxyl groups is 1. The minimum Gasteiger partial charge on any atom is -0.394 e. The van der Waals surface area contributed by atoms with Crippen molar-refractivity contribution in [3.63, 3.8) is 0 Å². The zero-order valence-electron chi connectivity index (χ0n) is 7.90. The number of hydrogen-bond acceptors (Lipinski definition) is 4. The first-order valence-electron chi connectivity index (χ1n) is 4.27. The highest BCUT2D eigenvalue weighted by Gasteiger charge is 2.04. The zero-order valence-corrected chi connectivity index (χ0v) is 7.90. The minimum atomic E-state index is -0.565. The normalized spacial score (nSPS) is 12.1. The number of primary amides is 1. The molecule has 0 fully saturated rings. The maximum atomic E-state index is 10.8. The van der Waals surface area contributed by atoms with E-state index in [2.05, 4.69) is 10.3 Å². The van der Waals surface area contributed by atoms with E-state index in [-0.39, 0.29) is 18.3 Å². The van der Waals surface area contributed by atoms with E-state index in [1.165, 1.54) is 6.07 Å². The van der Waals surface area contributed by atoms with Crippen molar-refractivity contribution in [3.05, 3.63) is 23.9 Å². The molecule has 1 atom stereocenters. The van der Waals surface area contributed by atoms with Crippen LogP contribution in [-0.4, -0.2) is 28.6 Å². The molecule has 0 aliphatic heterocycles. The predicted octanol–water partition coefficient (Wildman–Crippen LogP) is -0.0268. The number of amides is 1. The third kappa shape index (κ3) is 2.70. The Bertz CT molecular complexity index is 328. The second-order valence-corrected chi connectivity index (χ2v) is 3.00. The van der Waals surface area contributed by atoms with Crippen LogP contribution in [0.1, 0.15) is 17.4 Å². The molecule has 1 amide bonds. The molecule has 1 aromatic heterocycles. The van der Waals surface area contributed by atoms with Gasteiger partial charge in [-0.05, 0) is 19.1 Å². The molecule has 5 heteroatoms. The van der Waals surface area contributed by atoms with Crippen molar-refractivity contribution in [2.24, 2.45) is 5.73 Å². The van der Waals surface area contributed by atoms with Crippen LogP contribution in [0.25, 0.3) is 0 Å². The molecule has 0 bridgehead atoms. The van der Waals surface area contributed by atoms with Gasteiger partial charge in [-0.3, -0.25) is 4.79 Å². The largest absolute Gasteiger partial charge is 0.394 e. The van der Waals surface area contributed by atoms with E-state index in [1.807, 2.05) is 0 Å². The topological polar surface area (TPSA) is 88.2 Å². The summed E-state index contributed by atoms with van der Waals surface area (Å²) in [4.78, 5) is 14.8. The number of nitrogens with two attached hydrogens (primary N) is 1. The van der Waals surface area contributed by atoms with Crippen LogP contribution >= 0.6 is 0 Å². The molecular weight excluding hydrogens is 182 g/mol. The van der Waals surface area contributed by atoms with Crippen molar-refractivity contribution in [1.82, 2.24) is 4.98 Å². The number of nitrogens with one attached hydrogen (secondary N) is 1. The number of nitrogens with zero attached hydrogens (tertiary/aromatic N) is 1. The van der Waals surface area contributed by atoms with Crippen molar-refractivity contribution >= 4 is 11.7 Å². The number of hydrogen-bond donors (Lipinski definition) is 3. The summed E-state index contributed by atoms with van der Waals surface area (Å²) in [5.74, 6) is -0.0341. The number of anilines is 1. The SMILES string of the molecule is C[C@@H](CO)Nc1cccc(C(N)=O)n1. The maximum Gasteiger partial charge on any atom is 0.267 e. The molecule has 1 rings (SSSR count). The fraction of sp³-hybridized carbons (Fsp3) is 0.333. The maximum absolute atomic E-state index is 10.8.